The molecule has 20 heavy (non-hydrogen) atoms. The quantitative estimate of drug-likeness (QED) is 0.741. The summed E-state index contributed by atoms with van der Waals surface area (Å²) < 4.78 is 1.65. The van der Waals surface area contributed by atoms with E-state index in [1.807, 2.05) is 20.8 Å². The summed E-state index contributed by atoms with van der Waals surface area (Å²) in [5.41, 5.74) is 0.799. The number of Topliss-reactive ketones (excluding diaryl/α,β-unsaturated/α-hetero) is 1. The van der Waals surface area contributed by atoms with Gasteiger partial charge in [0.1, 0.15) is 5.78 Å². The maximum Gasteiger partial charge on any atom is 0.221 e. The Kier molecular flexibility index (Phi) is 6.90. The van der Waals surface area contributed by atoms with Gasteiger partial charge in [-0.25, -0.2) is 0 Å². The Morgan fingerprint density at radius 1 is 1.35 bits per heavy atom. The van der Waals surface area contributed by atoms with Gasteiger partial charge in [0, 0.05) is 37.9 Å². The minimum Gasteiger partial charge on any atom is -0.356 e. The molecule has 1 aromatic heterocycles. The van der Waals surface area contributed by atoms with Gasteiger partial charge in [-0.15, -0.1) is 5.10 Å². The SMILES string of the molecule is CCCNC(=O)CCn1cc(CCC(=O)C(C)C)nn1. The van der Waals surface area contributed by atoms with Crippen LogP contribution in [0.2, 0.25) is 0 Å². The van der Waals surface area contributed by atoms with Crippen molar-refractivity contribution in [3.63, 3.8) is 0 Å². The van der Waals surface area contributed by atoms with Crippen LogP contribution < -0.4 is 5.32 Å². The van der Waals surface area contributed by atoms with Crippen LogP contribution in [0.5, 0.6) is 0 Å². The van der Waals surface area contributed by atoms with Crippen LogP contribution in [0.1, 0.15) is 45.7 Å². The molecule has 0 bridgehead atoms. The van der Waals surface area contributed by atoms with Gasteiger partial charge in [-0.3, -0.25) is 14.3 Å². The molecule has 0 fully saturated rings. The predicted molar refractivity (Wildman–Crippen MR) is 76.1 cm³/mol. The molecule has 1 aromatic rings. The summed E-state index contributed by atoms with van der Waals surface area (Å²) in [5.74, 6) is 0.324. The van der Waals surface area contributed by atoms with Gasteiger partial charge >= 0.3 is 0 Å². The summed E-state index contributed by atoms with van der Waals surface area (Å²) >= 11 is 0. The Bertz CT molecular complexity index is 440. The lowest BCUT2D eigenvalue weighted by atomic mass is 10.0. The summed E-state index contributed by atoms with van der Waals surface area (Å²) in [7, 11) is 0. The number of amides is 1. The van der Waals surface area contributed by atoms with Crippen molar-refractivity contribution >= 4 is 11.7 Å². The topological polar surface area (TPSA) is 76.9 Å². The van der Waals surface area contributed by atoms with Crippen molar-refractivity contribution < 1.29 is 9.59 Å². The lowest BCUT2D eigenvalue weighted by Crippen LogP contribution is -2.25. The van der Waals surface area contributed by atoms with E-state index in [0.717, 1.165) is 12.1 Å². The third-order valence-corrected chi connectivity index (χ3v) is 3.00. The number of aryl methyl sites for hydroxylation is 2. The minimum absolute atomic E-state index is 0.0267. The average molecular weight is 280 g/mol. The molecule has 0 saturated carbocycles. The van der Waals surface area contributed by atoms with Gasteiger partial charge in [0.25, 0.3) is 0 Å². The second kappa shape index (κ2) is 8.45. The molecule has 1 heterocycles. The molecule has 0 aliphatic heterocycles. The van der Waals surface area contributed by atoms with E-state index in [2.05, 4.69) is 15.6 Å². The number of nitrogens with zero attached hydrogens (tertiary/aromatic N) is 3. The van der Waals surface area contributed by atoms with Gasteiger partial charge < -0.3 is 5.32 Å². The van der Waals surface area contributed by atoms with Gasteiger partial charge in [0.05, 0.1) is 12.2 Å². The second-order valence-corrected chi connectivity index (χ2v) is 5.19. The fourth-order valence-electron chi connectivity index (χ4n) is 1.67. The minimum atomic E-state index is 0.0267. The van der Waals surface area contributed by atoms with Crippen molar-refractivity contribution in [2.45, 2.75) is 53.0 Å². The molecule has 0 aliphatic rings. The van der Waals surface area contributed by atoms with Crippen LogP contribution in [-0.4, -0.2) is 33.2 Å². The molecule has 1 N–H and O–H groups in total. The number of nitrogens with one attached hydrogen (secondary N) is 1. The molecule has 6 nitrogen and oxygen atoms in total. The number of carbonyl (C=O) groups is 2. The zero-order chi connectivity index (χ0) is 15.0. The fraction of sp³-hybridized carbons (Fsp3) is 0.714. The molecule has 112 valence electrons. The molecular formula is C14H24N4O2. The number of hydrogen-bond donors (Lipinski definition) is 1. The number of ketones is 1. The lowest BCUT2D eigenvalue weighted by Gasteiger charge is -2.03. The summed E-state index contributed by atoms with van der Waals surface area (Å²) in [6.07, 6.45) is 4.24. The molecule has 0 aromatic carbocycles. The Morgan fingerprint density at radius 3 is 2.75 bits per heavy atom. The van der Waals surface area contributed by atoms with E-state index in [0.29, 0.717) is 32.4 Å². The van der Waals surface area contributed by atoms with Crippen LogP contribution in [0.4, 0.5) is 0 Å². The van der Waals surface area contributed by atoms with E-state index in [-0.39, 0.29) is 17.6 Å². The molecule has 0 radical (unpaired) electrons. The molecule has 0 saturated heterocycles. The Balaban J connectivity index is 2.32. The van der Waals surface area contributed by atoms with Crippen LogP contribution in [0, 0.1) is 5.92 Å². The van der Waals surface area contributed by atoms with Gasteiger partial charge in [-0.1, -0.05) is 26.0 Å². The maximum absolute atomic E-state index is 11.5. The second-order valence-electron chi connectivity index (χ2n) is 5.19. The summed E-state index contributed by atoms with van der Waals surface area (Å²) in [5, 5.41) is 10.8. The van der Waals surface area contributed by atoms with E-state index in [1.54, 1.807) is 10.9 Å². The highest BCUT2D eigenvalue weighted by molar-refractivity contribution is 5.80. The molecule has 1 amide bonds. The Morgan fingerprint density at radius 2 is 2.10 bits per heavy atom. The van der Waals surface area contributed by atoms with Crippen molar-refractivity contribution in [1.82, 2.24) is 20.3 Å². The normalized spacial score (nSPS) is 10.8. The molecular weight excluding hydrogens is 256 g/mol. The van der Waals surface area contributed by atoms with E-state index >= 15 is 0 Å². The van der Waals surface area contributed by atoms with Crippen LogP contribution in [-0.2, 0) is 22.6 Å². The number of rotatable bonds is 9. The van der Waals surface area contributed by atoms with E-state index < -0.39 is 0 Å². The molecule has 0 spiro atoms. The van der Waals surface area contributed by atoms with Crippen LogP contribution in [0.3, 0.4) is 0 Å². The fourth-order valence-corrected chi connectivity index (χ4v) is 1.67. The van der Waals surface area contributed by atoms with E-state index in [1.165, 1.54) is 0 Å². The third kappa shape index (κ3) is 5.95. The van der Waals surface area contributed by atoms with Gasteiger partial charge in [-0.05, 0) is 6.42 Å². The third-order valence-electron chi connectivity index (χ3n) is 3.00. The average Bonchev–Trinajstić information content (AvgIpc) is 2.88. The summed E-state index contributed by atoms with van der Waals surface area (Å²) in [4.78, 5) is 23.0. The highest BCUT2D eigenvalue weighted by atomic mass is 16.1. The first kappa shape index (κ1) is 16.3. The zero-order valence-electron chi connectivity index (χ0n) is 12.6. The maximum atomic E-state index is 11.5. The molecule has 0 unspecified atom stereocenters. The van der Waals surface area contributed by atoms with Crippen molar-refractivity contribution in [2.75, 3.05) is 6.54 Å². The smallest absolute Gasteiger partial charge is 0.221 e. The van der Waals surface area contributed by atoms with E-state index in [4.69, 9.17) is 0 Å². The molecule has 0 atom stereocenters. The largest absolute Gasteiger partial charge is 0.356 e. The van der Waals surface area contributed by atoms with Crippen LogP contribution in [0.15, 0.2) is 6.20 Å². The number of carbonyl (C=O) groups excluding carboxylic acids is 2. The molecule has 6 heteroatoms. The lowest BCUT2D eigenvalue weighted by molar-refractivity contribution is -0.122. The van der Waals surface area contributed by atoms with Crippen molar-refractivity contribution in [2.24, 2.45) is 5.92 Å². The van der Waals surface area contributed by atoms with Crippen molar-refractivity contribution in [1.29, 1.82) is 0 Å². The first-order valence-corrected chi connectivity index (χ1v) is 7.21. The van der Waals surface area contributed by atoms with Crippen LogP contribution >= 0.6 is 0 Å². The Labute approximate surface area is 119 Å². The van der Waals surface area contributed by atoms with Crippen molar-refractivity contribution in [3.05, 3.63) is 11.9 Å². The molecule has 0 aliphatic carbocycles. The summed E-state index contributed by atoms with van der Waals surface area (Å²) in [6, 6.07) is 0. The summed E-state index contributed by atoms with van der Waals surface area (Å²) in [6.45, 7) is 7.03. The predicted octanol–water partition coefficient (Wildman–Crippen LogP) is 1.35. The molecule has 1 rings (SSSR count). The van der Waals surface area contributed by atoms with Gasteiger partial charge in [0.15, 0.2) is 0 Å². The highest BCUT2D eigenvalue weighted by Crippen LogP contribution is 2.04. The number of aromatic nitrogens is 3. The standard InChI is InChI=1S/C14H24N4O2/c1-4-8-15-14(20)7-9-18-10-12(16-17-18)5-6-13(19)11(2)3/h10-11H,4-9H2,1-3H3,(H,15,20). The van der Waals surface area contributed by atoms with Crippen LogP contribution in [0.25, 0.3) is 0 Å². The first-order chi connectivity index (χ1) is 9.52. The number of hydrogen-bond acceptors (Lipinski definition) is 4. The first-order valence-electron chi connectivity index (χ1n) is 7.21. The van der Waals surface area contributed by atoms with Gasteiger partial charge in [0.2, 0.25) is 5.91 Å². The van der Waals surface area contributed by atoms with Gasteiger partial charge in [-0.2, -0.15) is 0 Å². The highest BCUT2D eigenvalue weighted by Gasteiger charge is 2.09. The monoisotopic (exact) mass is 280 g/mol. The van der Waals surface area contributed by atoms with Crippen molar-refractivity contribution in [3.8, 4) is 0 Å². The zero-order valence-corrected chi connectivity index (χ0v) is 12.6. The Hall–Kier alpha value is -1.72. The van der Waals surface area contributed by atoms with E-state index in [9.17, 15) is 9.59 Å².